The van der Waals surface area contributed by atoms with Crippen LogP contribution in [0.2, 0.25) is 0 Å². The SMILES string of the molecule is CCCn1c(N)c(NCCCOCC)c(=O)n(C)c1=O. The number of nitrogens with one attached hydrogen (secondary N) is 1. The smallest absolute Gasteiger partial charge is 0.332 e. The zero-order chi connectivity index (χ0) is 15.1. The fourth-order valence-electron chi connectivity index (χ4n) is 1.92. The molecule has 0 saturated carbocycles. The molecule has 7 heteroatoms. The van der Waals surface area contributed by atoms with Crippen LogP contribution < -0.4 is 22.3 Å². The van der Waals surface area contributed by atoms with Gasteiger partial charge in [-0.3, -0.25) is 13.9 Å². The first-order chi connectivity index (χ1) is 9.54. The third-order valence-corrected chi connectivity index (χ3v) is 3.00. The highest BCUT2D eigenvalue weighted by atomic mass is 16.5. The number of hydrogen-bond donors (Lipinski definition) is 2. The maximum Gasteiger partial charge on any atom is 0.332 e. The Kier molecular flexibility index (Phi) is 6.30. The fraction of sp³-hybridized carbons (Fsp3) is 0.692. The molecule has 0 aliphatic carbocycles. The van der Waals surface area contributed by atoms with Crippen LogP contribution >= 0.6 is 0 Å². The molecular weight excluding hydrogens is 260 g/mol. The third-order valence-electron chi connectivity index (χ3n) is 3.00. The molecule has 3 N–H and O–H groups in total. The second-order valence-electron chi connectivity index (χ2n) is 4.54. The van der Waals surface area contributed by atoms with Crippen LogP contribution in [0.5, 0.6) is 0 Å². The van der Waals surface area contributed by atoms with E-state index in [9.17, 15) is 9.59 Å². The van der Waals surface area contributed by atoms with E-state index in [0.717, 1.165) is 17.4 Å². The molecule has 0 spiro atoms. The lowest BCUT2D eigenvalue weighted by Crippen LogP contribution is -2.40. The Bertz CT molecular complexity index is 548. The first-order valence-corrected chi connectivity index (χ1v) is 6.95. The zero-order valence-corrected chi connectivity index (χ0v) is 12.4. The summed E-state index contributed by atoms with van der Waals surface area (Å²) in [7, 11) is 1.46. The average molecular weight is 284 g/mol. The Morgan fingerprint density at radius 2 is 2.00 bits per heavy atom. The average Bonchev–Trinajstić information content (AvgIpc) is 2.44. The van der Waals surface area contributed by atoms with E-state index >= 15 is 0 Å². The lowest BCUT2D eigenvalue weighted by Gasteiger charge is -2.15. The largest absolute Gasteiger partial charge is 0.383 e. The predicted molar refractivity (Wildman–Crippen MR) is 80.2 cm³/mol. The summed E-state index contributed by atoms with van der Waals surface area (Å²) in [5, 5.41) is 3.01. The molecule has 1 heterocycles. The number of rotatable bonds is 8. The lowest BCUT2D eigenvalue weighted by atomic mass is 10.3. The summed E-state index contributed by atoms with van der Waals surface area (Å²) in [6, 6.07) is 0. The van der Waals surface area contributed by atoms with Gasteiger partial charge in [0.05, 0.1) is 0 Å². The van der Waals surface area contributed by atoms with Crippen LogP contribution in [-0.4, -0.2) is 28.9 Å². The Balaban J connectivity index is 2.95. The maximum absolute atomic E-state index is 12.1. The Morgan fingerprint density at radius 3 is 2.60 bits per heavy atom. The van der Waals surface area contributed by atoms with Crippen LogP contribution in [0.4, 0.5) is 11.5 Å². The summed E-state index contributed by atoms with van der Waals surface area (Å²) >= 11 is 0. The standard InChI is InChI=1S/C13H24N4O3/c1-4-8-17-11(14)10(12(18)16(3)13(17)19)15-7-6-9-20-5-2/h15H,4-9,14H2,1-3H3. The second kappa shape index (κ2) is 7.74. The number of aromatic nitrogens is 2. The highest BCUT2D eigenvalue weighted by Crippen LogP contribution is 2.10. The van der Waals surface area contributed by atoms with Crippen LogP contribution in [0.3, 0.4) is 0 Å². The summed E-state index contributed by atoms with van der Waals surface area (Å²) in [5.41, 5.74) is 5.45. The van der Waals surface area contributed by atoms with Crippen molar-refractivity contribution >= 4 is 11.5 Å². The van der Waals surface area contributed by atoms with Crippen LogP contribution in [0.15, 0.2) is 9.59 Å². The van der Waals surface area contributed by atoms with Gasteiger partial charge in [0.1, 0.15) is 11.5 Å². The van der Waals surface area contributed by atoms with Gasteiger partial charge < -0.3 is 15.8 Å². The molecule has 0 atom stereocenters. The van der Waals surface area contributed by atoms with Gasteiger partial charge >= 0.3 is 5.69 Å². The van der Waals surface area contributed by atoms with Crippen molar-refractivity contribution in [2.45, 2.75) is 33.2 Å². The summed E-state index contributed by atoms with van der Waals surface area (Å²) in [5.74, 6) is 0.205. The summed E-state index contributed by atoms with van der Waals surface area (Å²) in [6.07, 6.45) is 1.54. The molecule has 0 aromatic carbocycles. The van der Waals surface area contributed by atoms with Gasteiger partial charge in [-0.1, -0.05) is 6.92 Å². The number of nitrogens with zero attached hydrogens (tertiary/aromatic N) is 2. The van der Waals surface area contributed by atoms with Crippen LogP contribution in [0.1, 0.15) is 26.7 Å². The summed E-state index contributed by atoms with van der Waals surface area (Å²) in [4.78, 5) is 24.0. The summed E-state index contributed by atoms with van der Waals surface area (Å²) < 4.78 is 7.73. The molecule has 7 nitrogen and oxygen atoms in total. The number of nitrogen functional groups attached to an aromatic ring is 1. The molecule has 0 aliphatic heterocycles. The van der Waals surface area contributed by atoms with Crippen LogP contribution in [0.25, 0.3) is 0 Å². The van der Waals surface area contributed by atoms with E-state index in [-0.39, 0.29) is 17.2 Å². The minimum Gasteiger partial charge on any atom is -0.383 e. The minimum atomic E-state index is -0.392. The highest BCUT2D eigenvalue weighted by molar-refractivity contribution is 5.60. The molecule has 0 fully saturated rings. The van der Waals surface area contributed by atoms with Crippen molar-refractivity contribution in [2.75, 3.05) is 30.8 Å². The molecule has 0 radical (unpaired) electrons. The van der Waals surface area contributed by atoms with E-state index in [1.54, 1.807) is 0 Å². The molecule has 0 saturated heterocycles. The van der Waals surface area contributed by atoms with Crippen molar-refractivity contribution in [2.24, 2.45) is 7.05 Å². The first-order valence-electron chi connectivity index (χ1n) is 6.95. The van der Waals surface area contributed by atoms with Gasteiger partial charge in [0.2, 0.25) is 0 Å². The van der Waals surface area contributed by atoms with Gasteiger partial charge in [0, 0.05) is 33.4 Å². The van der Waals surface area contributed by atoms with E-state index in [0.29, 0.717) is 26.3 Å². The van der Waals surface area contributed by atoms with Gasteiger partial charge in [0.25, 0.3) is 5.56 Å². The van der Waals surface area contributed by atoms with Crippen LogP contribution in [-0.2, 0) is 18.3 Å². The normalized spacial score (nSPS) is 10.8. The van der Waals surface area contributed by atoms with Crippen molar-refractivity contribution < 1.29 is 4.74 Å². The van der Waals surface area contributed by atoms with Crippen molar-refractivity contribution in [3.8, 4) is 0 Å². The molecule has 1 rings (SSSR count). The van der Waals surface area contributed by atoms with E-state index in [4.69, 9.17) is 10.5 Å². The molecule has 114 valence electrons. The Labute approximate surface area is 118 Å². The van der Waals surface area contributed by atoms with Crippen molar-refractivity contribution in [3.05, 3.63) is 20.8 Å². The van der Waals surface area contributed by atoms with Crippen molar-refractivity contribution in [1.29, 1.82) is 0 Å². The van der Waals surface area contributed by atoms with Gasteiger partial charge in [0.15, 0.2) is 0 Å². The molecule has 1 aromatic heterocycles. The number of anilines is 2. The topological polar surface area (TPSA) is 91.3 Å². The fourth-order valence-corrected chi connectivity index (χ4v) is 1.92. The van der Waals surface area contributed by atoms with Gasteiger partial charge in [-0.2, -0.15) is 0 Å². The molecular formula is C13H24N4O3. The van der Waals surface area contributed by atoms with E-state index in [2.05, 4.69) is 5.32 Å². The Morgan fingerprint density at radius 1 is 1.30 bits per heavy atom. The minimum absolute atomic E-state index is 0.205. The van der Waals surface area contributed by atoms with E-state index in [1.807, 2.05) is 13.8 Å². The predicted octanol–water partition coefficient (Wildman–Crippen LogP) is 0.378. The second-order valence-corrected chi connectivity index (χ2v) is 4.54. The number of ether oxygens (including phenoxy) is 1. The molecule has 0 aliphatic rings. The lowest BCUT2D eigenvalue weighted by molar-refractivity contribution is 0.147. The molecule has 1 aromatic rings. The molecule has 0 amide bonds. The molecule has 0 unspecified atom stereocenters. The molecule has 20 heavy (non-hydrogen) atoms. The van der Waals surface area contributed by atoms with E-state index in [1.165, 1.54) is 11.6 Å². The number of hydrogen-bond acceptors (Lipinski definition) is 5. The van der Waals surface area contributed by atoms with Crippen molar-refractivity contribution in [1.82, 2.24) is 9.13 Å². The van der Waals surface area contributed by atoms with Gasteiger partial charge in [-0.05, 0) is 19.8 Å². The monoisotopic (exact) mass is 284 g/mol. The maximum atomic E-state index is 12.1. The van der Waals surface area contributed by atoms with E-state index < -0.39 is 5.56 Å². The molecule has 0 bridgehead atoms. The summed E-state index contributed by atoms with van der Waals surface area (Å²) in [6.45, 7) is 6.24. The van der Waals surface area contributed by atoms with Crippen LogP contribution in [0, 0.1) is 0 Å². The van der Waals surface area contributed by atoms with Gasteiger partial charge in [-0.25, -0.2) is 4.79 Å². The highest BCUT2D eigenvalue weighted by Gasteiger charge is 2.14. The third kappa shape index (κ3) is 3.63. The van der Waals surface area contributed by atoms with Gasteiger partial charge in [-0.15, -0.1) is 0 Å². The number of nitrogens with two attached hydrogens (primary N) is 1. The zero-order valence-electron chi connectivity index (χ0n) is 12.4. The first kappa shape index (κ1) is 16.3. The quantitative estimate of drug-likeness (QED) is 0.673. The van der Waals surface area contributed by atoms with Crippen molar-refractivity contribution in [3.63, 3.8) is 0 Å². The Hall–Kier alpha value is -1.76.